The highest BCUT2D eigenvalue weighted by atomic mass is 16.5. The van der Waals surface area contributed by atoms with E-state index in [2.05, 4.69) is 18.8 Å². The predicted octanol–water partition coefficient (Wildman–Crippen LogP) is 1.60. The van der Waals surface area contributed by atoms with E-state index in [1.807, 2.05) is 6.92 Å². The summed E-state index contributed by atoms with van der Waals surface area (Å²) in [5, 5.41) is 3.28. The Bertz CT molecular complexity index is 137. The van der Waals surface area contributed by atoms with Gasteiger partial charge in [-0.2, -0.15) is 0 Å². The molecule has 0 fully saturated rings. The minimum Gasteiger partial charge on any atom is -0.379 e. The van der Waals surface area contributed by atoms with Gasteiger partial charge in [-0.05, 0) is 25.5 Å². The first-order valence-corrected chi connectivity index (χ1v) is 5.34. The maximum atomic E-state index is 5.36. The lowest BCUT2D eigenvalue weighted by Gasteiger charge is -2.08. The van der Waals surface area contributed by atoms with Gasteiger partial charge in [0.05, 0.1) is 19.8 Å². The van der Waals surface area contributed by atoms with E-state index in [0.717, 1.165) is 31.7 Å². The Morgan fingerprint density at radius 3 is 2.57 bits per heavy atom. The number of hydrogen-bond donors (Lipinski definition) is 1. The van der Waals surface area contributed by atoms with E-state index in [1.54, 1.807) is 0 Å². The summed E-state index contributed by atoms with van der Waals surface area (Å²) in [4.78, 5) is 0. The fourth-order valence-electron chi connectivity index (χ4n) is 0.972. The second-order valence-corrected chi connectivity index (χ2v) is 3.18. The molecule has 1 N–H and O–H groups in total. The van der Waals surface area contributed by atoms with Gasteiger partial charge in [0.25, 0.3) is 0 Å². The van der Waals surface area contributed by atoms with Crippen LogP contribution in [0.3, 0.4) is 0 Å². The zero-order valence-electron chi connectivity index (χ0n) is 9.47. The Balaban J connectivity index is 3.10. The van der Waals surface area contributed by atoms with Crippen LogP contribution in [0.25, 0.3) is 0 Å². The van der Waals surface area contributed by atoms with Crippen LogP contribution in [0.4, 0.5) is 0 Å². The Labute approximate surface area is 87.5 Å². The van der Waals surface area contributed by atoms with Gasteiger partial charge in [-0.1, -0.05) is 13.5 Å². The second kappa shape index (κ2) is 10.7. The normalized spacial score (nSPS) is 10.4. The third kappa shape index (κ3) is 9.71. The minimum absolute atomic E-state index is 0.629. The molecule has 0 radical (unpaired) electrons. The molecule has 0 bridgehead atoms. The number of ether oxygens (including phenoxy) is 2. The van der Waals surface area contributed by atoms with Crippen LogP contribution in [-0.4, -0.2) is 39.5 Å². The summed E-state index contributed by atoms with van der Waals surface area (Å²) in [6.07, 6.45) is 1.15. The summed E-state index contributed by atoms with van der Waals surface area (Å²) in [6, 6.07) is 0. The van der Waals surface area contributed by atoms with E-state index in [9.17, 15) is 0 Å². The molecular weight excluding hydrogens is 178 g/mol. The Morgan fingerprint density at radius 1 is 1.21 bits per heavy atom. The summed E-state index contributed by atoms with van der Waals surface area (Å²) < 4.78 is 10.5. The summed E-state index contributed by atoms with van der Waals surface area (Å²) in [6.45, 7) is 12.6. The Morgan fingerprint density at radius 2 is 1.93 bits per heavy atom. The van der Waals surface area contributed by atoms with Crippen LogP contribution in [-0.2, 0) is 9.47 Å². The van der Waals surface area contributed by atoms with Gasteiger partial charge < -0.3 is 14.8 Å². The molecule has 14 heavy (non-hydrogen) atoms. The molecule has 0 aliphatic carbocycles. The van der Waals surface area contributed by atoms with E-state index in [1.165, 1.54) is 0 Å². The topological polar surface area (TPSA) is 30.5 Å². The Kier molecular flexibility index (Phi) is 10.4. The van der Waals surface area contributed by atoms with Gasteiger partial charge in [0.1, 0.15) is 0 Å². The van der Waals surface area contributed by atoms with Gasteiger partial charge in [-0.3, -0.25) is 0 Å². The van der Waals surface area contributed by atoms with Gasteiger partial charge in [0.15, 0.2) is 0 Å². The highest BCUT2D eigenvalue weighted by molar-refractivity contribution is 4.96. The van der Waals surface area contributed by atoms with Crippen LogP contribution in [0.2, 0.25) is 0 Å². The fourth-order valence-corrected chi connectivity index (χ4v) is 0.972. The van der Waals surface area contributed by atoms with Crippen molar-refractivity contribution in [2.24, 2.45) is 0 Å². The molecule has 0 atom stereocenters. The molecule has 0 amide bonds. The third-order valence-electron chi connectivity index (χ3n) is 1.68. The van der Waals surface area contributed by atoms with E-state index >= 15 is 0 Å². The largest absolute Gasteiger partial charge is 0.379 e. The molecule has 0 aliphatic heterocycles. The third-order valence-corrected chi connectivity index (χ3v) is 1.68. The minimum atomic E-state index is 0.629. The van der Waals surface area contributed by atoms with Crippen LogP contribution in [0.5, 0.6) is 0 Å². The molecule has 0 saturated heterocycles. The van der Waals surface area contributed by atoms with Crippen molar-refractivity contribution in [1.29, 1.82) is 0 Å². The monoisotopic (exact) mass is 201 g/mol. The van der Waals surface area contributed by atoms with Gasteiger partial charge in [0.2, 0.25) is 0 Å². The first-order valence-electron chi connectivity index (χ1n) is 5.34. The van der Waals surface area contributed by atoms with Crippen molar-refractivity contribution in [3.63, 3.8) is 0 Å². The molecule has 0 spiro atoms. The predicted molar refractivity (Wildman–Crippen MR) is 59.6 cm³/mol. The van der Waals surface area contributed by atoms with E-state index in [4.69, 9.17) is 9.47 Å². The van der Waals surface area contributed by atoms with Gasteiger partial charge in [0, 0.05) is 13.2 Å². The van der Waals surface area contributed by atoms with E-state index in [0.29, 0.717) is 19.8 Å². The van der Waals surface area contributed by atoms with Crippen molar-refractivity contribution < 1.29 is 9.47 Å². The standard InChI is InChI=1S/C11H23NO2/c1-4-6-12-9-11(3)10-14-8-7-13-5-2/h12H,3-10H2,1-2H3. The average Bonchev–Trinajstić information content (AvgIpc) is 2.18. The highest BCUT2D eigenvalue weighted by Crippen LogP contribution is 1.90. The summed E-state index contributed by atoms with van der Waals surface area (Å²) in [5.74, 6) is 0. The summed E-state index contributed by atoms with van der Waals surface area (Å²) >= 11 is 0. The van der Waals surface area contributed by atoms with Crippen molar-refractivity contribution in [1.82, 2.24) is 5.32 Å². The fraction of sp³-hybridized carbons (Fsp3) is 0.818. The van der Waals surface area contributed by atoms with Crippen LogP contribution < -0.4 is 5.32 Å². The van der Waals surface area contributed by atoms with Crippen molar-refractivity contribution in [2.45, 2.75) is 20.3 Å². The van der Waals surface area contributed by atoms with Crippen molar-refractivity contribution in [3.05, 3.63) is 12.2 Å². The van der Waals surface area contributed by atoms with Crippen LogP contribution in [0.15, 0.2) is 12.2 Å². The van der Waals surface area contributed by atoms with Crippen LogP contribution in [0, 0.1) is 0 Å². The van der Waals surface area contributed by atoms with E-state index < -0.39 is 0 Å². The van der Waals surface area contributed by atoms with Gasteiger partial charge in [-0.25, -0.2) is 0 Å². The van der Waals surface area contributed by atoms with E-state index in [-0.39, 0.29) is 0 Å². The maximum absolute atomic E-state index is 5.36. The van der Waals surface area contributed by atoms with Crippen LogP contribution >= 0.6 is 0 Å². The zero-order valence-corrected chi connectivity index (χ0v) is 9.47. The molecule has 0 aromatic carbocycles. The molecular formula is C11H23NO2. The van der Waals surface area contributed by atoms with Crippen molar-refractivity contribution in [3.8, 4) is 0 Å². The van der Waals surface area contributed by atoms with Gasteiger partial charge in [-0.15, -0.1) is 0 Å². The Hall–Kier alpha value is -0.380. The van der Waals surface area contributed by atoms with Crippen molar-refractivity contribution in [2.75, 3.05) is 39.5 Å². The van der Waals surface area contributed by atoms with Crippen molar-refractivity contribution >= 4 is 0 Å². The lowest BCUT2D eigenvalue weighted by molar-refractivity contribution is 0.0616. The molecule has 0 aliphatic rings. The van der Waals surface area contributed by atoms with Crippen LogP contribution in [0.1, 0.15) is 20.3 Å². The second-order valence-electron chi connectivity index (χ2n) is 3.18. The van der Waals surface area contributed by atoms with Gasteiger partial charge >= 0.3 is 0 Å². The number of rotatable bonds is 10. The maximum Gasteiger partial charge on any atom is 0.0704 e. The molecule has 0 saturated carbocycles. The summed E-state index contributed by atoms with van der Waals surface area (Å²) in [5.41, 5.74) is 1.09. The molecule has 0 unspecified atom stereocenters. The molecule has 3 nitrogen and oxygen atoms in total. The SMILES string of the molecule is C=C(CNCCC)COCCOCC. The lowest BCUT2D eigenvalue weighted by atomic mass is 10.3. The lowest BCUT2D eigenvalue weighted by Crippen LogP contribution is -2.20. The molecule has 3 heteroatoms. The smallest absolute Gasteiger partial charge is 0.0704 e. The number of hydrogen-bond acceptors (Lipinski definition) is 3. The molecule has 84 valence electrons. The summed E-state index contributed by atoms with van der Waals surface area (Å²) in [7, 11) is 0. The zero-order chi connectivity index (χ0) is 10.6. The first-order chi connectivity index (χ1) is 6.81. The quantitative estimate of drug-likeness (QED) is 0.430. The molecule has 0 aromatic heterocycles. The average molecular weight is 201 g/mol. The highest BCUT2D eigenvalue weighted by Gasteiger charge is 1.94. The first kappa shape index (κ1) is 13.6. The molecule has 0 aromatic rings. The number of nitrogens with one attached hydrogen (secondary N) is 1. The molecule has 0 rings (SSSR count). The molecule has 0 heterocycles.